The topological polar surface area (TPSA) is 33.0 Å². The second kappa shape index (κ2) is 3.59. The summed E-state index contributed by atoms with van der Waals surface area (Å²) in [6.07, 6.45) is 0. The summed E-state index contributed by atoms with van der Waals surface area (Å²) >= 11 is 12.0. The molecule has 15 heavy (non-hydrogen) atoms. The Hall–Kier alpha value is -0.910. The fourth-order valence-electron chi connectivity index (χ4n) is 1.80. The summed E-state index contributed by atoms with van der Waals surface area (Å²) in [5, 5.41) is 8.88. The Balaban J connectivity index is 2.37. The van der Waals surface area contributed by atoms with Crippen molar-refractivity contribution in [2.75, 3.05) is 7.11 Å². The van der Waals surface area contributed by atoms with Crippen LogP contribution in [0.5, 0.6) is 5.75 Å². The van der Waals surface area contributed by atoms with E-state index in [2.05, 4.69) is 6.07 Å². The standard InChI is InChI=1S/C11H9Cl2NO/c1-15-9-5-3-2-4-7(9)10-8(6-14)11(10,12)13/h2-5,8,10H,1H3/t8-,10-/m1/s1. The lowest BCUT2D eigenvalue weighted by Crippen LogP contribution is -1.94. The first-order valence-corrected chi connectivity index (χ1v) is 5.29. The van der Waals surface area contributed by atoms with Crippen molar-refractivity contribution in [2.45, 2.75) is 10.3 Å². The van der Waals surface area contributed by atoms with Crippen LogP contribution in [0.15, 0.2) is 24.3 Å². The van der Waals surface area contributed by atoms with E-state index in [1.54, 1.807) is 7.11 Å². The van der Waals surface area contributed by atoms with Crippen LogP contribution in [0.4, 0.5) is 0 Å². The molecule has 1 aromatic rings. The quantitative estimate of drug-likeness (QED) is 0.746. The average molecular weight is 242 g/mol. The van der Waals surface area contributed by atoms with Gasteiger partial charge in [0, 0.05) is 11.5 Å². The van der Waals surface area contributed by atoms with Crippen molar-refractivity contribution in [3.8, 4) is 11.8 Å². The zero-order valence-electron chi connectivity index (χ0n) is 8.08. The lowest BCUT2D eigenvalue weighted by molar-refractivity contribution is 0.409. The highest BCUT2D eigenvalue weighted by Gasteiger charge is 2.65. The van der Waals surface area contributed by atoms with Gasteiger partial charge in [0.1, 0.15) is 10.1 Å². The number of halogens is 2. The van der Waals surface area contributed by atoms with Crippen molar-refractivity contribution in [1.29, 1.82) is 5.26 Å². The molecule has 4 heteroatoms. The van der Waals surface area contributed by atoms with Crippen LogP contribution in [-0.2, 0) is 0 Å². The molecule has 1 saturated carbocycles. The van der Waals surface area contributed by atoms with E-state index in [1.807, 2.05) is 24.3 Å². The van der Waals surface area contributed by atoms with Crippen LogP contribution in [0.3, 0.4) is 0 Å². The molecule has 0 radical (unpaired) electrons. The first-order chi connectivity index (χ1) is 7.12. The van der Waals surface area contributed by atoms with Crippen LogP contribution in [0.2, 0.25) is 0 Å². The zero-order chi connectivity index (χ0) is 11.1. The lowest BCUT2D eigenvalue weighted by atomic mass is 10.1. The molecule has 2 atom stereocenters. The van der Waals surface area contributed by atoms with E-state index in [-0.39, 0.29) is 11.8 Å². The number of methoxy groups -OCH3 is 1. The molecule has 1 aliphatic carbocycles. The molecule has 78 valence electrons. The molecule has 0 saturated heterocycles. The first kappa shape index (κ1) is 10.6. The van der Waals surface area contributed by atoms with Gasteiger partial charge >= 0.3 is 0 Å². The minimum atomic E-state index is -0.969. The van der Waals surface area contributed by atoms with E-state index < -0.39 is 4.33 Å². The molecular formula is C11H9Cl2NO. The predicted molar refractivity (Wildman–Crippen MR) is 59.3 cm³/mol. The highest BCUT2D eigenvalue weighted by Crippen LogP contribution is 2.65. The first-order valence-electron chi connectivity index (χ1n) is 4.53. The summed E-state index contributed by atoms with van der Waals surface area (Å²) in [7, 11) is 1.59. The van der Waals surface area contributed by atoms with Gasteiger partial charge in [-0.3, -0.25) is 0 Å². The molecule has 0 aromatic heterocycles. The van der Waals surface area contributed by atoms with Gasteiger partial charge in [0.2, 0.25) is 0 Å². The molecule has 1 aliphatic rings. The fraction of sp³-hybridized carbons (Fsp3) is 0.364. The van der Waals surface area contributed by atoms with E-state index in [9.17, 15) is 0 Å². The highest BCUT2D eigenvalue weighted by atomic mass is 35.5. The van der Waals surface area contributed by atoms with E-state index in [0.29, 0.717) is 0 Å². The third-order valence-corrected chi connectivity index (χ3v) is 3.61. The number of para-hydroxylation sites is 1. The normalized spacial score (nSPS) is 26.8. The lowest BCUT2D eigenvalue weighted by Gasteiger charge is -2.07. The highest BCUT2D eigenvalue weighted by molar-refractivity contribution is 6.52. The Morgan fingerprint density at radius 2 is 2.07 bits per heavy atom. The van der Waals surface area contributed by atoms with Crippen molar-refractivity contribution in [3.05, 3.63) is 29.8 Å². The van der Waals surface area contributed by atoms with Crippen molar-refractivity contribution in [3.63, 3.8) is 0 Å². The number of alkyl halides is 2. The number of nitrogens with zero attached hydrogens (tertiary/aromatic N) is 1. The zero-order valence-corrected chi connectivity index (χ0v) is 9.59. The molecule has 0 amide bonds. The van der Waals surface area contributed by atoms with Crippen LogP contribution in [0.25, 0.3) is 0 Å². The van der Waals surface area contributed by atoms with Crippen LogP contribution in [0.1, 0.15) is 11.5 Å². The van der Waals surface area contributed by atoms with Crippen molar-refractivity contribution >= 4 is 23.2 Å². The van der Waals surface area contributed by atoms with Gasteiger partial charge in [-0.1, -0.05) is 41.4 Å². The number of hydrogen-bond donors (Lipinski definition) is 0. The number of benzene rings is 1. The number of rotatable bonds is 2. The smallest absolute Gasteiger partial charge is 0.143 e. The molecule has 2 rings (SSSR count). The summed E-state index contributed by atoms with van der Waals surface area (Å²) in [6.45, 7) is 0. The van der Waals surface area contributed by atoms with E-state index in [1.165, 1.54) is 0 Å². The third-order valence-electron chi connectivity index (χ3n) is 2.67. The SMILES string of the molecule is COc1ccccc1[C@@H]1[C@@H](C#N)C1(Cl)Cl. The molecule has 0 spiro atoms. The van der Waals surface area contributed by atoms with Gasteiger partial charge in [0.25, 0.3) is 0 Å². The Morgan fingerprint density at radius 1 is 1.40 bits per heavy atom. The third kappa shape index (κ3) is 1.56. The summed E-state index contributed by atoms with van der Waals surface area (Å²) in [4.78, 5) is 0. The maximum Gasteiger partial charge on any atom is 0.143 e. The van der Waals surface area contributed by atoms with Gasteiger partial charge in [0.15, 0.2) is 0 Å². The van der Waals surface area contributed by atoms with Crippen molar-refractivity contribution < 1.29 is 4.74 Å². The Bertz CT molecular complexity index is 425. The van der Waals surface area contributed by atoms with Gasteiger partial charge in [-0.2, -0.15) is 5.26 Å². The minimum absolute atomic E-state index is 0.151. The van der Waals surface area contributed by atoms with E-state index >= 15 is 0 Å². The summed E-state index contributed by atoms with van der Waals surface area (Å²) in [5.41, 5.74) is 0.900. The molecule has 0 heterocycles. The molecule has 0 N–H and O–H groups in total. The van der Waals surface area contributed by atoms with Gasteiger partial charge in [-0.15, -0.1) is 0 Å². The van der Waals surface area contributed by atoms with Gasteiger partial charge in [-0.05, 0) is 6.07 Å². The maximum atomic E-state index is 8.88. The summed E-state index contributed by atoms with van der Waals surface area (Å²) in [6, 6.07) is 9.59. The molecular weight excluding hydrogens is 233 g/mol. The Kier molecular flexibility index (Phi) is 2.54. The van der Waals surface area contributed by atoms with Crippen LogP contribution in [0, 0.1) is 17.2 Å². The van der Waals surface area contributed by atoms with Gasteiger partial charge in [-0.25, -0.2) is 0 Å². The summed E-state index contributed by atoms with van der Waals surface area (Å²) in [5.74, 6) is 0.227. The van der Waals surface area contributed by atoms with Gasteiger partial charge < -0.3 is 4.74 Å². The molecule has 0 bridgehead atoms. The van der Waals surface area contributed by atoms with Crippen molar-refractivity contribution in [2.24, 2.45) is 5.92 Å². The van der Waals surface area contributed by atoms with Crippen LogP contribution >= 0.6 is 23.2 Å². The van der Waals surface area contributed by atoms with E-state index in [0.717, 1.165) is 11.3 Å². The van der Waals surface area contributed by atoms with Gasteiger partial charge in [0.05, 0.1) is 19.1 Å². The second-order valence-corrected chi connectivity index (χ2v) is 4.95. The summed E-state index contributed by atoms with van der Waals surface area (Å²) < 4.78 is 4.24. The van der Waals surface area contributed by atoms with E-state index in [4.69, 9.17) is 33.2 Å². The van der Waals surface area contributed by atoms with Crippen LogP contribution < -0.4 is 4.74 Å². The second-order valence-electron chi connectivity index (χ2n) is 3.50. The van der Waals surface area contributed by atoms with Crippen molar-refractivity contribution in [1.82, 2.24) is 0 Å². The fourth-order valence-corrected chi connectivity index (χ4v) is 2.51. The molecule has 0 aliphatic heterocycles. The molecule has 0 unspecified atom stereocenters. The maximum absolute atomic E-state index is 8.88. The monoisotopic (exact) mass is 241 g/mol. The Labute approximate surface area is 98.4 Å². The number of nitriles is 1. The average Bonchev–Trinajstić information content (AvgIpc) is 2.80. The predicted octanol–water partition coefficient (Wildman–Crippen LogP) is 3.11. The largest absolute Gasteiger partial charge is 0.496 e. The van der Waals surface area contributed by atoms with Crippen LogP contribution in [-0.4, -0.2) is 11.4 Å². The molecule has 1 aromatic carbocycles. The number of hydrogen-bond acceptors (Lipinski definition) is 2. The molecule has 2 nitrogen and oxygen atoms in total. The minimum Gasteiger partial charge on any atom is -0.496 e. The Morgan fingerprint density at radius 3 is 2.60 bits per heavy atom. The molecule has 1 fully saturated rings. The number of ether oxygens (including phenoxy) is 1.